The van der Waals surface area contributed by atoms with Gasteiger partial charge in [-0.05, 0) is 46.5 Å². The van der Waals surface area contributed by atoms with Crippen molar-refractivity contribution in [3.63, 3.8) is 0 Å². The quantitative estimate of drug-likeness (QED) is 0.397. The highest BCUT2D eigenvalue weighted by atomic mass is 35.5. The zero-order valence-electron chi connectivity index (χ0n) is 18.4. The molecule has 33 heavy (non-hydrogen) atoms. The SMILES string of the molecule is CC(=O)C1=C(O)C2(O)C(=O)C3=C(O)c4c(O)ccc(Cl)c4C(C)(O)C3CC2[C@@H](N(C)C)C1=O. The number of aliphatic hydroxyl groups is 4. The molecule has 3 aliphatic carbocycles. The van der Waals surface area contributed by atoms with Crippen molar-refractivity contribution in [1.82, 2.24) is 4.90 Å². The van der Waals surface area contributed by atoms with E-state index in [4.69, 9.17) is 11.6 Å². The van der Waals surface area contributed by atoms with E-state index in [1.165, 1.54) is 38.1 Å². The number of benzene rings is 1. The third-order valence-electron chi connectivity index (χ3n) is 7.18. The number of halogens is 1. The molecule has 1 saturated carbocycles. The van der Waals surface area contributed by atoms with E-state index in [9.17, 15) is 39.9 Å². The number of rotatable bonds is 2. The fourth-order valence-electron chi connectivity index (χ4n) is 5.68. The van der Waals surface area contributed by atoms with Gasteiger partial charge in [0.15, 0.2) is 17.2 Å². The molecular formula is C23H24ClNO8. The Hall–Kier alpha value is -2.72. The molecule has 3 aliphatic rings. The van der Waals surface area contributed by atoms with Crippen LogP contribution in [0.2, 0.25) is 5.02 Å². The maximum Gasteiger partial charge on any atom is 0.202 e. The van der Waals surface area contributed by atoms with E-state index in [1.807, 2.05) is 0 Å². The lowest BCUT2D eigenvalue weighted by atomic mass is 9.54. The summed E-state index contributed by atoms with van der Waals surface area (Å²) in [7, 11) is 3.05. The Bertz CT molecular complexity index is 1200. The molecule has 0 bridgehead atoms. The molecule has 1 fully saturated rings. The number of fused-ring (bicyclic) bond motifs is 3. The van der Waals surface area contributed by atoms with Gasteiger partial charge in [-0.2, -0.15) is 0 Å². The van der Waals surface area contributed by atoms with Crippen LogP contribution >= 0.6 is 11.6 Å². The second kappa shape index (κ2) is 7.14. The van der Waals surface area contributed by atoms with Crippen molar-refractivity contribution in [2.24, 2.45) is 11.8 Å². The molecule has 0 radical (unpaired) electrons. The van der Waals surface area contributed by atoms with Crippen LogP contribution < -0.4 is 0 Å². The Morgan fingerprint density at radius 2 is 1.76 bits per heavy atom. The monoisotopic (exact) mass is 477 g/mol. The third-order valence-corrected chi connectivity index (χ3v) is 7.49. The number of carbonyl (C=O) groups excluding carboxylic acids is 3. The number of likely N-dealkylation sites (N-methyl/N-ethyl adjacent to an activating group) is 1. The van der Waals surface area contributed by atoms with Gasteiger partial charge in [0.2, 0.25) is 5.78 Å². The summed E-state index contributed by atoms with van der Waals surface area (Å²) in [6.45, 7) is 2.40. The van der Waals surface area contributed by atoms with Crippen molar-refractivity contribution in [2.45, 2.75) is 37.5 Å². The molecule has 0 spiro atoms. The van der Waals surface area contributed by atoms with E-state index in [1.54, 1.807) is 0 Å². The van der Waals surface area contributed by atoms with Crippen LogP contribution in [0.25, 0.3) is 5.76 Å². The first-order valence-corrected chi connectivity index (χ1v) is 10.7. The number of hydrogen-bond donors (Lipinski definition) is 5. The zero-order chi connectivity index (χ0) is 24.8. The molecule has 10 heteroatoms. The Kier molecular flexibility index (Phi) is 5.07. The summed E-state index contributed by atoms with van der Waals surface area (Å²) in [6.07, 6.45) is -0.218. The number of Topliss-reactive ketones (excluding diaryl/α,β-unsaturated/α-hetero) is 3. The van der Waals surface area contributed by atoms with E-state index in [0.717, 1.165) is 6.92 Å². The van der Waals surface area contributed by atoms with Crippen molar-refractivity contribution in [2.75, 3.05) is 14.1 Å². The maximum absolute atomic E-state index is 13.7. The Morgan fingerprint density at radius 3 is 2.30 bits per heavy atom. The van der Waals surface area contributed by atoms with Gasteiger partial charge in [0.1, 0.15) is 22.8 Å². The lowest BCUT2D eigenvalue weighted by Gasteiger charge is -2.53. The molecule has 0 amide bonds. The molecule has 0 aliphatic heterocycles. The average Bonchev–Trinajstić information content (AvgIpc) is 2.69. The second-order valence-corrected chi connectivity index (χ2v) is 9.68. The van der Waals surface area contributed by atoms with Crippen LogP contribution in [-0.2, 0) is 20.0 Å². The van der Waals surface area contributed by atoms with E-state index < -0.39 is 74.8 Å². The van der Waals surface area contributed by atoms with Gasteiger partial charge in [-0.25, -0.2) is 0 Å². The number of aromatic hydroxyl groups is 1. The minimum absolute atomic E-state index is 0.00128. The van der Waals surface area contributed by atoms with Gasteiger partial charge in [-0.1, -0.05) is 11.6 Å². The molecule has 0 saturated heterocycles. The molecule has 4 rings (SSSR count). The van der Waals surface area contributed by atoms with Crippen molar-refractivity contribution in [1.29, 1.82) is 0 Å². The summed E-state index contributed by atoms with van der Waals surface area (Å²) in [5.74, 6) is -7.35. The van der Waals surface area contributed by atoms with Crippen LogP contribution in [0.15, 0.2) is 29.0 Å². The number of hydrogen-bond acceptors (Lipinski definition) is 9. The molecular weight excluding hydrogens is 454 g/mol. The first-order chi connectivity index (χ1) is 15.2. The summed E-state index contributed by atoms with van der Waals surface area (Å²) >= 11 is 6.29. The summed E-state index contributed by atoms with van der Waals surface area (Å²) < 4.78 is 0. The highest BCUT2D eigenvalue weighted by Gasteiger charge is 2.66. The van der Waals surface area contributed by atoms with Crippen LogP contribution in [0.1, 0.15) is 31.4 Å². The minimum Gasteiger partial charge on any atom is -0.508 e. The topological polar surface area (TPSA) is 156 Å². The predicted octanol–water partition coefficient (Wildman–Crippen LogP) is 1.39. The molecule has 1 aromatic rings. The first kappa shape index (κ1) is 23.4. The number of nitrogens with zero attached hydrogens (tertiary/aromatic N) is 1. The van der Waals surface area contributed by atoms with Gasteiger partial charge >= 0.3 is 0 Å². The molecule has 0 aromatic heterocycles. The number of phenols is 1. The maximum atomic E-state index is 13.7. The summed E-state index contributed by atoms with van der Waals surface area (Å²) in [5, 5.41) is 55.4. The predicted molar refractivity (Wildman–Crippen MR) is 117 cm³/mol. The molecule has 176 valence electrons. The van der Waals surface area contributed by atoms with Crippen LogP contribution in [0.5, 0.6) is 5.75 Å². The Morgan fingerprint density at radius 1 is 1.15 bits per heavy atom. The largest absolute Gasteiger partial charge is 0.508 e. The number of phenolic OH excluding ortho intramolecular Hbond substituents is 1. The second-order valence-electron chi connectivity index (χ2n) is 9.27. The van der Waals surface area contributed by atoms with E-state index in [0.29, 0.717) is 0 Å². The van der Waals surface area contributed by atoms with Crippen LogP contribution in [0, 0.1) is 11.8 Å². The zero-order valence-corrected chi connectivity index (χ0v) is 19.1. The molecule has 5 atom stereocenters. The first-order valence-electron chi connectivity index (χ1n) is 10.3. The van der Waals surface area contributed by atoms with Crippen molar-refractivity contribution < 1.29 is 39.9 Å². The van der Waals surface area contributed by atoms with E-state index in [-0.39, 0.29) is 22.6 Å². The van der Waals surface area contributed by atoms with Gasteiger partial charge in [0.25, 0.3) is 0 Å². The Balaban J connectivity index is 2.07. The van der Waals surface area contributed by atoms with Crippen LogP contribution in [0.3, 0.4) is 0 Å². The molecule has 9 nitrogen and oxygen atoms in total. The van der Waals surface area contributed by atoms with Gasteiger partial charge in [0, 0.05) is 28.0 Å². The highest BCUT2D eigenvalue weighted by Crippen LogP contribution is 2.58. The normalized spacial score (nSPS) is 33.8. The molecule has 4 unspecified atom stereocenters. The lowest BCUT2D eigenvalue weighted by Crippen LogP contribution is -2.66. The smallest absolute Gasteiger partial charge is 0.202 e. The minimum atomic E-state index is -2.70. The van der Waals surface area contributed by atoms with Crippen LogP contribution in [0.4, 0.5) is 0 Å². The summed E-state index contributed by atoms with van der Waals surface area (Å²) in [6, 6.07) is 1.35. The van der Waals surface area contributed by atoms with Crippen molar-refractivity contribution in [3.05, 3.63) is 45.2 Å². The van der Waals surface area contributed by atoms with E-state index >= 15 is 0 Å². The Labute approximate surface area is 194 Å². The average molecular weight is 478 g/mol. The number of ketones is 3. The van der Waals surface area contributed by atoms with Crippen LogP contribution in [-0.4, -0.2) is 73.5 Å². The van der Waals surface area contributed by atoms with Crippen molar-refractivity contribution in [3.8, 4) is 5.75 Å². The van der Waals surface area contributed by atoms with Gasteiger partial charge in [0.05, 0.1) is 17.2 Å². The number of carbonyl (C=O) groups is 3. The standard InChI is InChI=1S/C23H24ClNO8/c1-8(26)13-19(29)17(25(3)4)10-7-9-14(21(31)23(10,33)20(13)30)18(28)15-12(27)6-5-11(24)16(15)22(9,2)32/h5-6,9-10,17,27-28,30,32-33H,7H2,1-4H3/t9?,10?,17-,22?,23?/m1/s1. The molecule has 0 heterocycles. The van der Waals surface area contributed by atoms with E-state index in [2.05, 4.69) is 0 Å². The molecule has 1 aromatic carbocycles. The van der Waals surface area contributed by atoms with Gasteiger partial charge in [-0.15, -0.1) is 0 Å². The van der Waals surface area contributed by atoms with Gasteiger partial charge in [-0.3, -0.25) is 19.3 Å². The molecule has 5 N–H and O–H groups in total. The van der Waals surface area contributed by atoms with Gasteiger partial charge < -0.3 is 25.5 Å². The highest BCUT2D eigenvalue weighted by molar-refractivity contribution is 6.32. The number of aliphatic hydroxyl groups excluding tert-OH is 2. The van der Waals surface area contributed by atoms with Crippen molar-refractivity contribution >= 4 is 34.7 Å². The summed E-state index contributed by atoms with van der Waals surface area (Å²) in [4.78, 5) is 40.5. The summed E-state index contributed by atoms with van der Waals surface area (Å²) in [5.41, 5.74) is -5.96. The lowest BCUT2D eigenvalue weighted by molar-refractivity contribution is -0.159. The fraction of sp³-hybridized carbons (Fsp3) is 0.435. The third kappa shape index (κ3) is 2.80. The fourth-order valence-corrected chi connectivity index (χ4v) is 6.03.